The fourth-order valence-corrected chi connectivity index (χ4v) is 26.0. The van der Waals surface area contributed by atoms with E-state index in [0.717, 1.165) is 140 Å². The molecule has 6 aliphatic heterocycles. The Labute approximate surface area is 795 Å². The zero-order chi connectivity index (χ0) is 94.2. The van der Waals surface area contributed by atoms with E-state index in [1.807, 2.05) is 18.2 Å². The standard InChI is InChI=1S/C48H82O7Si2.C46H80O5Si2.C4H9.C2H3ClO2.Li.2O2S/c1-15-57(16-2,17-3)51-27-21-24-39-30-35(6)41(53-39)26-25-40-29-34(5)36(7)43(54-40)31-44-45(46(47(49)50-12)38-22-19-18-20-23-38)37(8)42(55-44)28-33(4)32-52-56(13,14)48(9,10)11;1-14-53(15-2,16-3)47-26-20-23-39-29-35(6)42(49-39)25-24-40-28-34(5)36(7)44(50-40)31-45-41(30-38-21-18-17-19-22-38)37(8)43(51-45)27-33(4)32-48-52(12,13)46(9,10)11;1-3-4-2;1-5-2(3)4;;2*1-3-2/h18-20,22-23,33-34,37,39-46H,6-7,15-17,21,24-32H2,1-5,8-14H3;17-19,21-22,33-34,37,39-45H,6-7,14-16,20,23-32H2,1-5,8-13H3;1,3-4H2,2H3;1H3;;;/q;;-1;;+1;;/t33-,34+,37-,39-,40-,41?,42+,43+,44?,45+,46?;33-,34+,37+,39-,40-,41+,42?,43+,44+,45?;;;;;/m00...../s1. The molecule has 2 aromatic carbocycles. The van der Waals surface area contributed by atoms with Gasteiger partial charge < -0.3 is 62.5 Å². The summed E-state index contributed by atoms with van der Waals surface area (Å²) < 4.78 is 110. The number of ether oxygens (including phenoxy) is 8. The van der Waals surface area contributed by atoms with E-state index < -0.39 is 67.8 Å². The average Bonchev–Trinajstić information content (AvgIpc) is 1.62. The first-order valence-electron chi connectivity index (χ1n) is 47.7. The van der Waals surface area contributed by atoms with E-state index in [-0.39, 0.29) is 120 Å². The third-order valence-corrected chi connectivity index (χ3v) is 47.8. The second-order valence-electron chi connectivity index (χ2n) is 40.0. The Bertz CT molecular complexity index is 3480. The maximum atomic E-state index is 13.7. The first-order chi connectivity index (χ1) is 58.9. The Balaban J connectivity index is 0.000000731. The molecule has 8 rings (SSSR count). The Kier molecular flexibility index (Phi) is 56.8. The van der Waals surface area contributed by atoms with Crippen molar-refractivity contribution in [2.75, 3.05) is 40.6 Å². The number of carbonyl (C=O) groups excluding carboxylic acids is 2. The molecule has 18 nitrogen and oxygen atoms in total. The molecule has 26 heteroatoms. The van der Waals surface area contributed by atoms with Crippen molar-refractivity contribution in [3.05, 3.63) is 127 Å². The van der Waals surface area contributed by atoms with Gasteiger partial charge in [0.15, 0.2) is 33.3 Å². The summed E-state index contributed by atoms with van der Waals surface area (Å²) in [6.45, 7) is 77.9. The number of hydrogen-bond donors (Lipinski definition) is 0. The maximum Gasteiger partial charge on any atom is 1.00 e. The molecule has 6 fully saturated rings. The summed E-state index contributed by atoms with van der Waals surface area (Å²) in [5.74, 6) is 1.81. The molecular formula is C100H174ClLiO18S2Si4. The number of esters is 1. The van der Waals surface area contributed by atoms with Crippen LogP contribution in [0.25, 0.3) is 0 Å². The predicted octanol–water partition coefficient (Wildman–Crippen LogP) is 22.7. The van der Waals surface area contributed by atoms with E-state index in [9.17, 15) is 9.59 Å². The predicted molar refractivity (Wildman–Crippen MR) is 525 cm³/mol. The van der Waals surface area contributed by atoms with Crippen LogP contribution in [0.5, 0.6) is 0 Å². The average molecular weight is 1880 g/mol. The number of benzene rings is 2. The maximum absolute atomic E-state index is 13.7. The second kappa shape index (κ2) is 59.9. The Morgan fingerprint density at radius 1 is 0.516 bits per heavy atom. The van der Waals surface area contributed by atoms with Crippen molar-refractivity contribution in [1.82, 2.24) is 0 Å². The van der Waals surface area contributed by atoms with Crippen LogP contribution in [0.3, 0.4) is 0 Å². The molecule has 0 saturated carbocycles. The van der Waals surface area contributed by atoms with Crippen molar-refractivity contribution in [1.29, 1.82) is 0 Å². The van der Waals surface area contributed by atoms with Gasteiger partial charge in [-0.25, -0.2) is 4.79 Å². The molecule has 126 heavy (non-hydrogen) atoms. The third kappa shape index (κ3) is 39.0. The van der Waals surface area contributed by atoms with Crippen molar-refractivity contribution < 1.29 is 101 Å². The number of rotatable bonds is 42. The van der Waals surface area contributed by atoms with Gasteiger partial charge in [0.1, 0.15) is 0 Å². The van der Waals surface area contributed by atoms with Gasteiger partial charge in [-0.05, 0) is 244 Å². The summed E-state index contributed by atoms with van der Waals surface area (Å²) in [6.07, 6.45) is 19.6. The van der Waals surface area contributed by atoms with Gasteiger partial charge in [0.05, 0.1) is 93.4 Å². The largest absolute Gasteiger partial charge is 1.00 e. The van der Waals surface area contributed by atoms with Crippen LogP contribution >= 0.6 is 11.6 Å². The van der Waals surface area contributed by atoms with Crippen molar-refractivity contribution in [2.24, 2.45) is 47.3 Å². The topological polar surface area (TPSA) is 213 Å². The summed E-state index contributed by atoms with van der Waals surface area (Å²) in [5.41, 5.74) is 6.42. The molecule has 5 unspecified atom stereocenters. The molecule has 6 saturated heterocycles. The second-order valence-corrected chi connectivity index (χ2v) is 59.7. The Morgan fingerprint density at radius 2 is 0.873 bits per heavy atom. The van der Waals surface area contributed by atoms with Crippen LogP contribution in [0.1, 0.15) is 264 Å². The van der Waals surface area contributed by atoms with Gasteiger partial charge in [-0.1, -0.05) is 225 Å². The Morgan fingerprint density at radius 3 is 1.23 bits per heavy atom. The van der Waals surface area contributed by atoms with Gasteiger partial charge in [0.25, 0.3) is 0 Å². The summed E-state index contributed by atoms with van der Waals surface area (Å²) >= 11 is 3.10. The van der Waals surface area contributed by atoms with Crippen molar-refractivity contribution in [2.45, 2.75) is 405 Å². The van der Waals surface area contributed by atoms with Gasteiger partial charge >= 0.3 is 53.4 Å². The fourth-order valence-electron chi connectivity index (χ4n) is 18.3. The minimum Gasteiger partial charge on any atom is -0.469 e. The van der Waals surface area contributed by atoms with Gasteiger partial charge in [0.2, 0.25) is 0 Å². The van der Waals surface area contributed by atoms with E-state index in [0.29, 0.717) is 48.5 Å². The smallest absolute Gasteiger partial charge is 0.469 e. The van der Waals surface area contributed by atoms with Crippen LogP contribution in [0, 0.1) is 54.3 Å². The van der Waals surface area contributed by atoms with Gasteiger partial charge in [0, 0.05) is 56.8 Å². The molecule has 0 spiro atoms. The summed E-state index contributed by atoms with van der Waals surface area (Å²) in [4.78, 5) is 23.1. The molecule has 0 radical (unpaired) electrons. The Hall–Kier alpha value is -2.67. The van der Waals surface area contributed by atoms with Gasteiger partial charge in [-0.15, -0.1) is 0 Å². The first-order valence-corrected chi connectivity index (χ1v) is 60.2. The summed E-state index contributed by atoms with van der Waals surface area (Å²) in [6, 6.07) is 28.3. The first kappa shape index (κ1) is 119. The quantitative estimate of drug-likeness (QED) is 0.0151. The van der Waals surface area contributed by atoms with Crippen LogP contribution in [-0.4, -0.2) is 175 Å². The monoisotopic (exact) mass is 1880 g/mol. The molecule has 21 atom stereocenters. The number of unbranched alkanes of at least 4 members (excludes halogenated alkanes) is 1. The van der Waals surface area contributed by atoms with Crippen molar-refractivity contribution in [3.63, 3.8) is 0 Å². The molecular weight excluding hydrogens is 1710 g/mol. The van der Waals surface area contributed by atoms with Gasteiger partial charge in [-0.2, -0.15) is 23.3 Å². The van der Waals surface area contributed by atoms with E-state index >= 15 is 0 Å². The molecule has 2 aromatic rings. The van der Waals surface area contributed by atoms with Gasteiger partial charge in [-0.3, -0.25) is 4.79 Å². The minimum atomic E-state index is -1.88. The number of carbonyl (C=O) groups is 2. The molecule has 0 N–H and O–H groups in total. The van der Waals surface area contributed by atoms with Crippen LogP contribution in [0.15, 0.2) is 109 Å². The molecule has 0 aromatic heterocycles. The molecule has 6 aliphatic rings. The molecule has 0 aliphatic carbocycles. The van der Waals surface area contributed by atoms with Crippen molar-refractivity contribution >= 4 is 79.4 Å². The summed E-state index contributed by atoms with van der Waals surface area (Å²) in [5, 5.41) is 0.373. The minimum absolute atomic E-state index is 0. The van der Waals surface area contributed by atoms with Crippen molar-refractivity contribution in [3.8, 4) is 0 Å². The number of halogens is 1. The number of methoxy groups -OCH3 is 2. The zero-order valence-electron chi connectivity index (χ0n) is 83.5. The molecule has 0 amide bonds. The normalized spacial score (nSPS) is 27.1. The summed E-state index contributed by atoms with van der Waals surface area (Å²) in [7, 11) is -4.03. The molecule has 718 valence electrons. The fraction of sp³-hybridized carbons (Fsp3) is 0.770. The third-order valence-electron chi connectivity index (χ3n) is 29.3. The SMILES string of the molecule is C=C1C[C@H](CCCO[Si](CC)(CC)CC)OC1CC[C@H]1C[C@@H](C)C(=C)[C@@H](CC2O[C@H](C[C@H](C)CO[Si](C)(C)C(C)(C)C)[C@H](C)[C@H]2C(C(=O)OC)c2ccccc2)O1.C=C1C[C@H](CCCO[Si](CC)(CC)CC)OC1CC[C@H]1C[C@@H](C)C(=C)[C@@H](CC2O[C@H](C[C@H](C)CO[Si](C)(C)C(C)(C)C)[C@H](C)[C@H]2Cc2ccccc2)O1.COC(=O)Cl.O=S=O.O=S=O.[CH2-]CCC.[Li+]. The van der Waals surface area contributed by atoms with E-state index in [2.05, 4.69) is 250 Å². The molecule has 0 bridgehead atoms. The zero-order valence-corrected chi connectivity index (χ0v) is 89.9. The van der Waals surface area contributed by atoms with Crippen LogP contribution < -0.4 is 18.9 Å². The van der Waals surface area contributed by atoms with E-state index in [1.165, 1.54) is 79.2 Å². The molecule has 6 heterocycles. The van der Waals surface area contributed by atoms with E-state index in [1.54, 1.807) is 0 Å². The van der Waals surface area contributed by atoms with Crippen LogP contribution in [-0.2, 0) is 90.0 Å². The number of hydrogen-bond acceptors (Lipinski definition) is 18. The van der Waals surface area contributed by atoms with Crippen LogP contribution in [0.4, 0.5) is 4.79 Å². The van der Waals surface area contributed by atoms with E-state index in [4.69, 9.17) is 67.7 Å². The van der Waals surface area contributed by atoms with Crippen LogP contribution in [0.2, 0.25) is 72.5 Å².